The van der Waals surface area contributed by atoms with Crippen LogP contribution in [0.2, 0.25) is 0 Å². The highest BCUT2D eigenvalue weighted by atomic mass is 32.2. The third kappa shape index (κ3) is 5.25. The van der Waals surface area contributed by atoms with Gasteiger partial charge in [0, 0.05) is 12.0 Å². The van der Waals surface area contributed by atoms with Gasteiger partial charge in [0.05, 0.1) is 6.61 Å². The minimum absolute atomic E-state index is 0.237. The summed E-state index contributed by atoms with van der Waals surface area (Å²) in [6, 6.07) is 6.13. The molecule has 0 saturated heterocycles. The number of ether oxygens (including phenoxy) is 1. The number of rotatable bonds is 7. The normalized spacial score (nSPS) is 14.7. The predicted molar refractivity (Wildman–Crippen MR) is 82.5 cm³/mol. The number of unbranched alkanes of at least 4 members (excludes halogenated alkanes) is 2. The summed E-state index contributed by atoms with van der Waals surface area (Å²) in [6.45, 7) is 0.671. The van der Waals surface area contributed by atoms with Crippen molar-refractivity contribution in [1.29, 1.82) is 0 Å². The van der Waals surface area contributed by atoms with E-state index in [2.05, 4.69) is 4.99 Å². The molecule has 5 heteroatoms. The first-order chi connectivity index (χ1) is 9.74. The van der Waals surface area contributed by atoms with Crippen molar-refractivity contribution in [3.63, 3.8) is 0 Å². The Morgan fingerprint density at radius 2 is 2.00 bits per heavy atom. The van der Waals surface area contributed by atoms with Crippen molar-refractivity contribution in [2.45, 2.75) is 25.7 Å². The number of nitrogens with two attached hydrogens (primary N) is 1. The van der Waals surface area contributed by atoms with Gasteiger partial charge < -0.3 is 10.5 Å². The molecule has 2 rings (SSSR count). The van der Waals surface area contributed by atoms with Crippen LogP contribution in [0.5, 0.6) is 5.75 Å². The minimum Gasteiger partial charge on any atom is -0.494 e. The summed E-state index contributed by atoms with van der Waals surface area (Å²) >= 11 is 1.60. The van der Waals surface area contributed by atoms with Gasteiger partial charge in [-0.2, -0.15) is 0 Å². The zero-order chi connectivity index (χ0) is 14.2. The Kier molecular flexibility index (Phi) is 5.92. The molecular formula is C15H19FN2OS. The molecule has 0 unspecified atom stereocenters. The lowest BCUT2D eigenvalue weighted by Crippen LogP contribution is -2.10. The SMILES string of the molecule is NC1=NC=C(CCCCCOc2ccc(F)cc2)CS1. The number of hydrogen-bond acceptors (Lipinski definition) is 4. The lowest BCUT2D eigenvalue weighted by atomic mass is 10.1. The smallest absolute Gasteiger partial charge is 0.158 e. The second kappa shape index (κ2) is 7.94. The van der Waals surface area contributed by atoms with Gasteiger partial charge in [-0.05, 0) is 55.5 Å². The Morgan fingerprint density at radius 1 is 1.20 bits per heavy atom. The molecule has 0 atom stereocenters. The summed E-state index contributed by atoms with van der Waals surface area (Å²) in [5.41, 5.74) is 6.93. The van der Waals surface area contributed by atoms with Gasteiger partial charge in [-0.25, -0.2) is 9.38 Å². The maximum absolute atomic E-state index is 12.7. The van der Waals surface area contributed by atoms with Crippen LogP contribution >= 0.6 is 11.8 Å². The number of amidine groups is 1. The number of aliphatic imine (C=N–C) groups is 1. The van der Waals surface area contributed by atoms with E-state index in [1.807, 2.05) is 6.20 Å². The van der Waals surface area contributed by atoms with E-state index in [4.69, 9.17) is 10.5 Å². The van der Waals surface area contributed by atoms with Gasteiger partial charge in [-0.3, -0.25) is 0 Å². The third-order valence-corrected chi connectivity index (χ3v) is 3.92. The van der Waals surface area contributed by atoms with Crippen LogP contribution in [0, 0.1) is 5.82 Å². The fourth-order valence-electron chi connectivity index (χ4n) is 1.88. The maximum Gasteiger partial charge on any atom is 0.158 e. The Balaban J connectivity index is 1.55. The molecule has 0 bridgehead atoms. The lowest BCUT2D eigenvalue weighted by Gasteiger charge is -2.10. The Morgan fingerprint density at radius 3 is 2.70 bits per heavy atom. The van der Waals surface area contributed by atoms with Crippen LogP contribution in [0.1, 0.15) is 25.7 Å². The van der Waals surface area contributed by atoms with Crippen molar-refractivity contribution in [3.05, 3.63) is 41.9 Å². The van der Waals surface area contributed by atoms with Crippen LogP contribution in [0.25, 0.3) is 0 Å². The van der Waals surface area contributed by atoms with Crippen LogP contribution in [0.4, 0.5) is 4.39 Å². The van der Waals surface area contributed by atoms with E-state index in [0.717, 1.165) is 37.2 Å². The summed E-state index contributed by atoms with van der Waals surface area (Å²) < 4.78 is 18.2. The highest BCUT2D eigenvalue weighted by Crippen LogP contribution is 2.19. The quantitative estimate of drug-likeness (QED) is 0.780. The highest BCUT2D eigenvalue weighted by molar-refractivity contribution is 8.14. The minimum atomic E-state index is -0.237. The van der Waals surface area contributed by atoms with Crippen molar-refractivity contribution in [1.82, 2.24) is 0 Å². The van der Waals surface area contributed by atoms with Crippen molar-refractivity contribution in [2.24, 2.45) is 10.7 Å². The molecule has 108 valence electrons. The molecule has 2 N–H and O–H groups in total. The van der Waals surface area contributed by atoms with Gasteiger partial charge in [0.1, 0.15) is 11.6 Å². The first kappa shape index (κ1) is 14.9. The van der Waals surface area contributed by atoms with Gasteiger partial charge in [0.25, 0.3) is 0 Å². The van der Waals surface area contributed by atoms with Crippen LogP contribution < -0.4 is 10.5 Å². The van der Waals surface area contributed by atoms with E-state index in [1.54, 1.807) is 23.9 Å². The fourth-order valence-corrected chi connectivity index (χ4v) is 2.56. The molecule has 0 fully saturated rings. The fraction of sp³-hybridized carbons (Fsp3) is 0.400. The molecule has 0 amide bonds. The summed E-state index contributed by atoms with van der Waals surface area (Å²) in [5, 5.41) is 0.654. The van der Waals surface area contributed by atoms with Crippen LogP contribution in [-0.4, -0.2) is 17.5 Å². The second-order valence-electron chi connectivity index (χ2n) is 4.66. The molecule has 3 nitrogen and oxygen atoms in total. The number of nitrogens with zero attached hydrogens (tertiary/aromatic N) is 1. The molecule has 0 saturated carbocycles. The van der Waals surface area contributed by atoms with Crippen molar-refractivity contribution in [2.75, 3.05) is 12.4 Å². The highest BCUT2D eigenvalue weighted by Gasteiger charge is 2.05. The van der Waals surface area contributed by atoms with Crippen LogP contribution in [-0.2, 0) is 0 Å². The molecule has 0 spiro atoms. The zero-order valence-electron chi connectivity index (χ0n) is 11.3. The number of thioether (sulfide) groups is 1. The topological polar surface area (TPSA) is 47.6 Å². The number of hydrogen-bond donors (Lipinski definition) is 1. The zero-order valence-corrected chi connectivity index (χ0v) is 12.2. The molecule has 20 heavy (non-hydrogen) atoms. The van der Waals surface area contributed by atoms with Gasteiger partial charge in [0.15, 0.2) is 5.17 Å². The van der Waals surface area contributed by atoms with E-state index in [1.165, 1.54) is 17.7 Å². The number of benzene rings is 1. The average molecular weight is 294 g/mol. The molecule has 1 heterocycles. The van der Waals surface area contributed by atoms with Crippen molar-refractivity contribution < 1.29 is 9.13 Å². The van der Waals surface area contributed by atoms with Gasteiger partial charge in [0.2, 0.25) is 0 Å². The maximum atomic E-state index is 12.7. The second-order valence-corrected chi connectivity index (χ2v) is 5.65. The third-order valence-electron chi connectivity index (χ3n) is 3.00. The molecule has 1 aliphatic heterocycles. The summed E-state index contributed by atoms with van der Waals surface area (Å²) in [5.74, 6) is 1.45. The van der Waals surface area contributed by atoms with E-state index in [0.29, 0.717) is 11.8 Å². The number of halogens is 1. The van der Waals surface area contributed by atoms with Crippen molar-refractivity contribution in [3.8, 4) is 5.75 Å². The molecule has 1 aromatic carbocycles. The molecule has 0 aliphatic carbocycles. The first-order valence-corrected chi connectivity index (χ1v) is 7.75. The van der Waals surface area contributed by atoms with E-state index in [-0.39, 0.29) is 5.82 Å². The van der Waals surface area contributed by atoms with E-state index < -0.39 is 0 Å². The van der Waals surface area contributed by atoms with E-state index >= 15 is 0 Å². The first-order valence-electron chi connectivity index (χ1n) is 6.76. The van der Waals surface area contributed by atoms with Crippen LogP contribution in [0.15, 0.2) is 41.0 Å². The summed E-state index contributed by atoms with van der Waals surface area (Å²) in [4.78, 5) is 4.11. The summed E-state index contributed by atoms with van der Waals surface area (Å²) in [7, 11) is 0. The molecule has 0 radical (unpaired) electrons. The Bertz CT molecular complexity index is 485. The predicted octanol–water partition coefficient (Wildman–Crippen LogP) is 3.71. The Labute approximate surface area is 123 Å². The van der Waals surface area contributed by atoms with Crippen LogP contribution in [0.3, 0.4) is 0 Å². The molecule has 1 aromatic rings. The molecular weight excluding hydrogens is 275 g/mol. The van der Waals surface area contributed by atoms with Crippen molar-refractivity contribution >= 4 is 16.9 Å². The summed E-state index contributed by atoms with van der Waals surface area (Å²) in [6.07, 6.45) is 6.21. The largest absolute Gasteiger partial charge is 0.494 e. The standard InChI is InChI=1S/C15H19FN2OS/c16-13-5-7-14(8-6-13)19-9-3-1-2-4-12-10-18-15(17)20-11-12/h5-8,10H,1-4,9,11H2,(H2,17,18). The lowest BCUT2D eigenvalue weighted by molar-refractivity contribution is 0.305. The van der Waals surface area contributed by atoms with Gasteiger partial charge >= 0.3 is 0 Å². The Hall–Kier alpha value is -1.49. The molecule has 0 aromatic heterocycles. The average Bonchev–Trinajstić information content (AvgIpc) is 2.46. The molecule has 1 aliphatic rings. The van der Waals surface area contributed by atoms with Gasteiger partial charge in [-0.1, -0.05) is 11.8 Å². The monoisotopic (exact) mass is 294 g/mol. The van der Waals surface area contributed by atoms with Gasteiger partial charge in [-0.15, -0.1) is 0 Å². The van der Waals surface area contributed by atoms with E-state index in [9.17, 15) is 4.39 Å².